The van der Waals surface area contributed by atoms with Crippen molar-refractivity contribution in [1.29, 1.82) is 0 Å². The summed E-state index contributed by atoms with van der Waals surface area (Å²) in [5.74, 6) is 0. The Morgan fingerprint density at radius 1 is 0.857 bits per heavy atom. The van der Waals surface area contributed by atoms with Crippen LogP contribution in [0.2, 0.25) is 0 Å². The Morgan fingerprint density at radius 3 is 2.07 bits per heavy atom. The molecular formula is C13H22O. The zero-order chi connectivity index (χ0) is 10.5. The number of aldehydes is 1. The monoisotopic (exact) mass is 194 g/mol. The molecule has 0 aromatic rings. The van der Waals surface area contributed by atoms with Crippen LogP contribution in [0.15, 0.2) is 24.3 Å². The van der Waals surface area contributed by atoms with Crippen LogP contribution in [0.3, 0.4) is 0 Å². The molecule has 0 aliphatic heterocycles. The third kappa shape index (κ3) is 11.2. The highest BCUT2D eigenvalue weighted by molar-refractivity contribution is 5.48. The summed E-state index contributed by atoms with van der Waals surface area (Å²) in [5.41, 5.74) is 0. The molecule has 0 unspecified atom stereocenters. The zero-order valence-electron chi connectivity index (χ0n) is 9.24. The number of rotatable bonds is 9. The molecule has 1 heteroatoms. The van der Waals surface area contributed by atoms with E-state index in [1.54, 1.807) is 0 Å². The molecule has 0 spiro atoms. The zero-order valence-corrected chi connectivity index (χ0v) is 9.24. The lowest BCUT2D eigenvalue weighted by Crippen LogP contribution is -1.73. The smallest absolute Gasteiger partial charge is 0.120 e. The summed E-state index contributed by atoms with van der Waals surface area (Å²) in [7, 11) is 0. The number of hydrogen-bond donors (Lipinski definition) is 0. The van der Waals surface area contributed by atoms with Gasteiger partial charge >= 0.3 is 0 Å². The Morgan fingerprint density at radius 2 is 1.50 bits per heavy atom. The van der Waals surface area contributed by atoms with Gasteiger partial charge in [-0.15, -0.1) is 0 Å². The van der Waals surface area contributed by atoms with Crippen molar-refractivity contribution in [2.24, 2.45) is 0 Å². The number of allylic oxidation sites excluding steroid dienone is 4. The first-order valence-corrected chi connectivity index (χ1v) is 5.65. The van der Waals surface area contributed by atoms with E-state index in [1.807, 2.05) is 0 Å². The predicted molar refractivity (Wildman–Crippen MR) is 62.3 cm³/mol. The Kier molecular flexibility index (Phi) is 11.4. The minimum absolute atomic E-state index is 0.691. The summed E-state index contributed by atoms with van der Waals surface area (Å²) in [6.45, 7) is 2.21. The average molecular weight is 194 g/mol. The lowest BCUT2D eigenvalue weighted by Gasteiger charge is -1.88. The van der Waals surface area contributed by atoms with Crippen LogP contribution < -0.4 is 0 Å². The van der Waals surface area contributed by atoms with Crippen molar-refractivity contribution in [2.45, 2.75) is 51.9 Å². The number of unbranched alkanes of at least 4 members (excludes halogenated alkanes) is 4. The molecule has 0 rings (SSSR count). The van der Waals surface area contributed by atoms with Gasteiger partial charge < -0.3 is 4.79 Å². The summed E-state index contributed by atoms with van der Waals surface area (Å²) in [6, 6.07) is 0. The lowest BCUT2D eigenvalue weighted by molar-refractivity contribution is -0.107. The van der Waals surface area contributed by atoms with E-state index in [0.717, 1.165) is 25.5 Å². The van der Waals surface area contributed by atoms with Crippen LogP contribution >= 0.6 is 0 Å². The van der Waals surface area contributed by atoms with Crippen molar-refractivity contribution < 1.29 is 4.79 Å². The van der Waals surface area contributed by atoms with Gasteiger partial charge in [0, 0.05) is 6.42 Å². The standard InChI is InChI=1S/C13H22O/c1-2-3-4-5-6-7-8-9-10-11-12-13-14/h5-6,8-9,13H,2-4,7,10-12H2,1H3. The molecule has 0 bridgehead atoms. The fourth-order valence-electron chi connectivity index (χ4n) is 1.15. The molecule has 0 heterocycles. The number of hydrogen-bond acceptors (Lipinski definition) is 1. The van der Waals surface area contributed by atoms with Crippen LogP contribution in [0.25, 0.3) is 0 Å². The van der Waals surface area contributed by atoms with Gasteiger partial charge in [-0.2, -0.15) is 0 Å². The van der Waals surface area contributed by atoms with Crippen molar-refractivity contribution in [2.75, 3.05) is 0 Å². The summed E-state index contributed by atoms with van der Waals surface area (Å²) in [5, 5.41) is 0. The van der Waals surface area contributed by atoms with E-state index in [2.05, 4.69) is 31.2 Å². The number of carbonyl (C=O) groups excluding carboxylic acids is 1. The van der Waals surface area contributed by atoms with Crippen molar-refractivity contribution in [3.05, 3.63) is 24.3 Å². The molecule has 0 amide bonds. The average Bonchev–Trinajstić information content (AvgIpc) is 2.21. The quantitative estimate of drug-likeness (QED) is 0.307. The van der Waals surface area contributed by atoms with Crippen molar-refractivity contribution in [1.82, 2.24) is 0 Å². The first-order valence-electron chi connectivity index (χ1n) is 5.65. The summed E-state index contributed by atoms with van der Waals surface area (Å²) < 4.78 is 0. The third-order valence-electron chi connectivity index (χ3n) is 2.02. The topological polar surface area (TPSA) is 17.1 Å². The van der Waals surface area contributed by atoms with Crippen LogP contribution in [0.1, 0.15) is 51.9 Å². The number of carbonyl (C=O) groups is 1. The largest absolute Gasteiger partial charge is 0.303 e. The molecule has 0 aromatic carbocycles. The molecule has 0 aliphatic rings. The van der Waals surface area contributed by atoms with Gasteiger partial charge in [0.2, 0.25) is 0 Å². The van der Waals surface area contributed by atoms with Crippen molar-refractivity contribution in [3.63, 3.8) is 0 Å². The van der Waals surface area contributed by atoms with E-state index in [0.29, 0.717) is 6.42 Å². The summed E-state index contributed by atoms with van der Waals surface area (Å²) in [6.07, 6.45) is 17.3. The Balaban J connectivity index is 3.17. The molecular weight excluding hydrogens is 172 g/mol. The van der Waals surface area contributed by atoms with Gasteiger partial charge in [-0.3, -0.25) is 0 Å². The fraction of sp³-hybridized carbons (Fsp3) is 0.615. The molecule has 0 N–H and O–H groups in total. The summed E-state index contributed by atoms with van der Waals surface area (Å²) in [4.78, 5) is 10.0. The van der Waals surface area contributed by atoms with E-state index < -0.39 is 0 Å². The maximum absolute atomic E-state index is 10.0. The Labute approximate surface area is 87.9 Å². The molecule has 0 aliphatic carbocycles. The molecule has 14 heavy (non-hydrogen) atoms. The van der Waals surface area contributed by atoms with Gasteiger partial charge in [0.25, 0.3) is 0 Å². The fourth-order valence-corrected chi connectivity index (χ4v) is 1.15. The SMILES string of the molecule is CCCCC=CCC=CCCCC=O. The van der Waals surface area contributed by atoms with Crippen LogP contribution in [-0.4, -0.2) is 6.29 Å². The van der Waals surface area contributed by atoms with Crippen LogP contribution in [0.4, 0.5) is 0 Å². The van der Waals surface area contributed by atoms with E-state index in [-0.39, 0.29) is 0 Å². The Hall–Kier alpha value is -0.850. The predicted octanol–water partition coefficient (Wildman–Crippen LogP) is 4.05. The van der Waals surface area contributed by atoms with E-state index in [4.69, 9.17) is 0 Å². The Bertz CT molecular complexity index is 168. The normalized spacial score (nSPS) is 11.5. The maximum Gasteiger partial charge on any atom is 0.120 e. The van der Waals surface area contributed by atoms with Gasteiger partial charge in [0.15, 0.2) is 0 Å². The molecule has 0 radical (unpaired) electrons. The molecule has 80 valence electrons. The second-order valence-corrected chi connectivity index (χ2v) is 3.42. The van der Waals surface area contributed by atoms with Crippen molar-refractivity contribution >= 4 is 6.29 Å². The van der Waals surface area contributed by atoms with Gasteiger partial charge in [-0.05, 0) is 25.7 Å². The van der Waals surface area contributed by atoms with Crippen LogP contribution in [0.5, 0.6) is 0 Å². The minimum atomic E-state index is 0.691. The van der Waals surface area contributed by atoms with E-state index >= 15 is 0 Å². The third-order valence-corrected chi connectivity index (χ3v) is 2.02. The van der Waals surface area contributed by atoms with Crippen LogP contribution in [0, 0.1) is 0 Å². The molecule has 0 aromatic heterocycles. The van der Waals surface area contributed by atoms with Crippen molar-refractivity contribution in [3.8, 4) is 0 Å². The van der Waals surface area contributed by atoms with Gasteiger partial charge in [0.1, 0.15) is 6.29 Å². The highest BCUT2D eigenvalue weighted by atomic mass is 16.1. The summed E-state index contributed by atoms with van der Waals surface area (Å²) >= 11 is 0. The second-order valence-electron chi connectivity index (χ2n) is 3.42. The molecule has 0 fully saturated rings. The van der Waals surface area contributed by atoms with Gasteiger partial charge in [-0.1, -0.05) is 44.1 Å². The molecule has 0 saturated heterocycles. The molecule has 1 nitrogen and oxygen atoms in total. The first-order chi connectivity index (χ1) is 6.91. The lowest BCUT2D eigenvalue weighted by atomic mass is 10.2. The second kappa shape index (κ2) is 12.2. The minimum Gasteiger partial charge on any atom is -0.303 e. The van der Waals surface area contributed by atoms with Gasteiger partial charge in [-0.25, -0.2) is 0 Å². The first kappa shape index (κ1) is 13.2. The highest BCUT2D eigenvalue weighted by Crippen LogP contribution is 1.98. The van der Waals surface area contributed by atoms with Gasteiger partial charge in [0.05, 0.1) is 0 Å². The van der Waals surface area contributed by atoms with E-state index in [1.165, 1.54) is 19.3 Å². The molecule has 0 saturated carbocycles. The van der Waals surface area contributed by atoms with Crippen LogP contribution in [-0.2, 0) is 4.79 Å². The maximum atomic E-state index is 10.0. The molecule has 0 atom stereocenters. The van der Waals surface area contributed by atoms with E-state index in [9.17, 15) is 4.79 Å². The highest BCUT2D eigenvalue weighted by Gasteiger charge is 1.81.